The van der Waals surface area contributed by atoms with Gasteiger partial charge in [0.25, 0.3) is 5.91 Å². The lowest BCUT2D eigenvalue weighted by atomic mass is 10.1. The topological polar surface area (TPSA) is 52.7 Å². The standard InChI is InChI=1S/C17H22FN3O2/c18-15-5-2-1-4-14(15)17(23)21-9-3-8-20(10-11-21)16(22)13-6-7-19-12-13/h1-2,4-5,13,19H,3,6-12H2. The van der Waals surface area contributed by atoms with Crippen LogP contribution in [0.1, 0.15) is 23.2 Å². The molecule has 2 saturated heterocycles. The number of amides is 2. The summed E-state index contributed by atoms with van der Waals surface area (Å²) in [5.74, 6) is -0.550. The van der Waals surface area contributed by atoms with Crippen LogP contribution in [0.25, 0.3) is 0 Å². The van der Waals surface area contributed by atoms with Gasteiger partial charge in [-0.1, -0.05) is 12.1 Å². The van der Waals surface area contributed by atoms with Crippen LogP contribution in [0.5, 0.6) is 0 Å². The minimum absolute atomic E-state index is 0.0591. The molecule has 1 unspecified atom stereocenters. The lowest BCUT2D eigenvalue weighted by molar-refractivity contribution is -0.134. The summed E-state index contributed by atoms with van der Waals surface area (Å²) in [5, 5.41) is 3.21. The van der Waals surface area contributed by atoms with Crippen molar-refractivity contribution in [2.24, 2.45) is 5.92 Å². The van der Waals surface area contributed by atoms with E-state index in [0.717, 1.165) is 25.9 Å². The third-order valence-electron chi connectivity index (χ3n) is 4.61. The van der Waals surface area contributed by atoms with Crippen LogP contribution in [0.3, 0.4) is 0 Å². The fourth-order valence-electron chi connectivity index (χ4n) is 3.27. The Hall–Kier alpha value is -1.95. The Morgan fingerprint density at radius 3 is 2.57 bits per heavy atom. The maximum atomic E-state index is 13.8. The summed E-state index contributed by atoms with van der Waals surface area (Å²) in [4.78, 5) is 28.5. The number of carbonyl (C=O) groups excluding carboxylic acids is 2. The van der Waals surface area contributed by atoms with Gasteiger partial charge in [0.1, 0.15) is 5.82 Å². The molecule has 2 amide bonds. The minimum atomic E-state index is -0.494. The van der Waals surface area contributed by atoms with Crippen molar-refractivity contribution in [1.82, 2.24) is 15.1 Å². The summed E-state index contributed by atoms with van der Waals surface area (Å²) in [6.07, 6.45) is 1.61. The zero-order chi connectivity index (χ0) is 16.2. The monoisotopic (exact) mass is 319 g/mol. The quantitative estimate of drug-likeness (QED) is 0.888. The molecule has 0 bridgehead atoms. The highest BCUT2D eigenvalue weighted by Gasteiger charge is 2.29. The van der Waals surface area contributed by atoms with E-state index < -0.39 is 5.82 Å². The fourth-order valence-corrected chi connectivity index (χ4v) is 3.27. The van der Waals surface area contributed by atoms with E-state index in [0.29, 0.717) is 26.2 Å². The van der Waals surface area contributed by atoms with Crippen molar-refractivity contribution in [2.75, 3.05) is 39.3 Å². The van der Waals surface area contributed by atoms with Crippen LogP contribution in [0.2, 0.25) is 0 Å². The average Bonchev–Trinajstić information content (AvgIpc) is 2.98. The highest BCUT2D eigenvalue weighted by atomic mass is 19.1. The SMILES string of the molecule is O=C(c1ccccc1F)N1CCCN(C(=O)C2CCNC2)CC1. The molecule has 1 atom stereocenters. The van der Waals surface area contributed by atoms with Gasteiger partial charge in [-0.15, -0.1) is 0 Å². The summed E-state index contributed by atoms with van der Waals surface area (Å²) >= 11 is 0. The molecule has 0 radical (unpaired) electrons. The molecule has 0 spiro atoms. The zero-order valence-electron chi connectivity index (χ0n) is 13.1. The lowest BCUT2D eigenvalue weighted by Crippen LogP contribution is -2.40. The van der Waals surface area contributed by atoms with Gasteiger partial charge >= 0.3 is 0 Å². The Bertz CT molecular complexity index is 587. The second kappa shape index (κ2) is 7.08. The number of nitrogens with zero attached hydrogens (tertiary/aromatic N) is 2. The van der Waals surface area contributed by atoms with Crippen molar-refractivity contribution < 1.29 is 14.0 Å². The van der Waals surface area contributed by atoms with Gasteiger partial charge in [0.2, 0.25) is 5.91 Å². The van der Waals surface area contributed by atoms with Gasteiger partial charge in [-0.3, -0.25) is 9.59 Å². The molecule has 6 heteroatoms. The molecule has 0 aromatic heterocycles. The molecule has 2 aliphatic heterocycles. The zero-order valence-corrected chi connectivity index (χ0v) is 13.1. The van der Waals surface area contributed by atoms with Gasteiger partial charge in [-0.25, -0.2) is 4.39 Å². The number of carbonyl (C=O) groups is 2. The van der Waals surface area contributed by atoms with Crippen molar-refractivity contribution in [2.45, 2.75) is 12.8 Å². The van der Waals surface area contributed by atoms with Crippen molar-refractivity contribution in [3.63, 3.8) is 0 Å². The van der Waals surface area contributed by atoms with Crippen LogP contribution < -0.4 is 5.32 Å². The van der Waals surface area contributed by atoms with Crippen molar-refractivity contribution >= 4 is 11.8 Å². The Balaban J connectivity index is 1.63. The smallest absolute Gasteiger partial charge is 0.256 e. The third-order valence-corrected chi connectivity index (χ3v) is 4.61. The molecule has 23 heavy (non-hydrogen) atoms. The highest BCUT2D eigenvalue weighted by Crippen LogP contribution is 2.16. The normalized spacial score (nSPS) is 22.0. The molecule has 2 fully saturated rings. The summed E-state index contributed by atoms with van der Waals surface area (Å²) in [6.45, 7) is 3.83. The molecule has 1 aromatic rings. The van der Waals surface area contributed by atoms with Gasteiger partial charge in [-0.2, -0.15) is 0 Å². The van der Waals surface area contributed by atoms with Gasteiger partial charge < -0.3 is 15.1 Å². The minimum Gasteiger partial charge on any atom is -0.341 e. The first-order chi connectivity index (χ1) is 11.2. The summed E-state index contributed by atoms with van der Waals surface area (Å²) < 4.78 is 13.8. The van der Waals surface area contributed by atoms with Crippen LogP contribution in [-0.4, -0.2) is 60.9 Å². The molecule has 1 N–H and O–H groups in total. The van der Waals surface area contributed by atoms with E-state index in [-0.39, 0.29) is 23.3 Å². The maximum absolute atomic E-state index is 13.8. The molecule has 2 aliphatic rings. The fraction of sp³-hybridized carbons (Fsp3) is 0.529. The Kier molecular flexibility index (Phi) is 4.91. The van der Waals surface area contributed by atoms with Crippen molar-refractivity contribution in [3.05, 3.63) is 35.6 Å². The maximum Gasteiger partial charge on any atom is 0.256 e. The largest absolute Gasteiger partial charge is 0.341 e. The van der Waals surface area contributed by atoms with Crippen LogP contribution in [0.15, 0.2) is 24.3 Å². The number of nitrogens with one attached hydrogen (secondary N) is 1. The number of hydrogen-bond acceptors (Lipinski definition) is 3. The number of rotatable bonds is 2. The third kappa shape index (κ3) is 3.52. The molecule has 0 saturated carbocycles. The van der Waals surface area contributed by atoms with Gasteiger partial charge in [0.05, 0.1) is 11.5 Å². The van der Waals surface area contributed by atoms with E-state index in [4.69, 9.17) is 0 Å². The van der Waals surface area contributed by atoms with Crippen LogP contribution in [0, 0.1) is 11.7 Å². The molecule has 0 aliphatic carbocycles. The Morgan fingerprint density at radius 1 is 1.09 bits per heavy atom. The molecule has 2 heterocycles. The molecular weight excluding hydrogens is 297 g/mol. The Morgan fingerprint density at radius 2 is 1.83 bits per heavy atom. The molecule has 3 rings (SSSR count). The van der Waals surface area contributed by atoms with E-state index >= 15 is 0 Å². The van der Waals surface area contributed by atoms with Crippen molar-refractivity contribution in [1.29, 1.82) is 0 Å². The number of hydrogen-bond donors (Lipinski definition) is 1. The predicted molar refractivity (Wildman–Crippen MR) is 84.5 cm³/mol. The van der Waals surface area contributed by atoms with Gasteiger partial charge in [-0.05, 0) is 31.5 Å². The lowest BCUT2D eigenvalue weighted by Gasteiger charge is -2.24. The highest BCUT2D eigenvalue weighted by molar-refractivity contribution is 5.94. The van der Waals surface area contributed by atoms with Gasteiger partial charge in [0.15, 0.2) is 0 Å². The summed E-state index contributed by atoms with van der Waals surface area (Å²) in [5.41, 5.74) is 0.104. The molecule has 5 nitrogen and oxygen atoms in total. The summed E-state index contributed by atoms with van der Waals surface area (Å²) in [6, 6.07) is 6.05. The average molecular weight is 319 g/mol. The van der Waals surface area contributed by atoms with E-state index in [1.54, 1.807) is 17.0 Å². The van der Waals surface area contributed by atoms with Crippen LogP contribution >= 0.6 is 0 Å². The summed E-state index contributed by atoms with van der Waals surface area (Å²) in [7, 11) is 0. The Labute approximate surface area is 135 Å². The first-order valence-corrected chi connectivity index (χ1v) is 8.20. The predicted octanol–water partition coefficient (Wildman–Crippen LogP) is 1.11. The number of halogens is 1. The van der Waals surface area contributed by atoms with Crippen molar-refractivity contribution in [3.8, 4) is 0 Å². The number of benzene rings is 1. The first kappa shape index (κ1) is 15.9. The van der Waals surface area contributed by atoms with E-state index in [1.165, 1.54) is 12.1 Å². The van der Waals surface area contributed by atoms with Gasteiger partial charge in [0, 0.05) is 32.7 Å². The van der Waals surface area contributed by atoms with E-state index in [9.17, 15) is 14.0 Å². The second-order valence-corrected chi connectivity index (χ2v) is 6.14. The molecule has 1 aromatic carbocycles. The molecular formula is C17H22FN3O2. The van der Waals surface area contributed by atoms with Crippen LogP contribution in [-0.2, 0) is 4.79 Å². The van der Waals surface area contributed by atoms with E-state index in [2.05, 4.69) is 5.32 Å². The van der Waals surface area contributed by atoms with Crippen LogP contribution in [0.4, 0.5) is 4.39 Å². The molecule has 124 valence electrons. The van der Waals surface area contributed by atoms with E-state index in [1.807, 2.05) is 4.90 Å². The first-order valence-electron chi connectivity index (χ1n) is 8.20. The second-order valence-electron chi connectivity index (χ2n) is 6.14.